The van der Waals surface area contributed by atoms with Crippen molar-refractivity contribution in [3.63, 3.8) is 0 Å². The van der Waals surface area contributed by atoms with Crippen LogP contribution in [-0.2, 0) is 9.53 Å². The lowest BCUT2D eigenvalue weighted by atomic mass is 10.0. The van der Waals surface area contributed by atoms with Crippen molar-refractivity contribution in [1.29, 1.82) is 0 Å². The van der Waals surface area contributed by atoms with Gasteiger partial charge < -0.3 is 15.0 Å². The van der Waals surface area contributed by atoms with Gasteiger partial charge in [-0.2, -0.15) is 0 Å². The summed E-state index contributed by atoms with van der Waals surface area (Å²) in [4.78, 5) is 14.3. The first-order valence-electron chi connectivity index (χ1n) is 7.05. The number of hydrogen-bond acceptors (Lipinski definition) is 3. The monoisotopic (exact) mass is 256 g/mol. The van der Waals surface area contributed by atoms with Crippen LogP contribution in [0.3, 0.4) is 0 Å². The number of carbonyl (C=O) groups excluding carboxylic acids is 1. The molecule has 0 spiro atoms. The van der Waals surface area contributed by atoms with E-state index in [4.69, 9.17) is 4.74 Å². The summed E-state index contributed by atoms with van der Waals surface area (Å²) in [6.07, 6.45) is 3.87. The van der Waals surface area contributed by atoms with Crippen LogP contribution in [0.2, 0.25) is 0 Å². The minimum atomic E-state index is -0.369. The van der Waals surface area contributed by atoms with E-state index >= 15 is 0 Å². The largest absolute Gasteiger partial charge is 0.378 e. The molecule has 0 radical (unpaired) electrons. The van der Waals surface area contributed by atoms with Crippen molar-refractivity contribution in [2.45, 2.75) is 58.1 Å². The van der Waals surface area contributed by atoms with Crippen LogP contribution in [0.25, 0.3) is 0 Å². The Morgan fingerprint density at radius 2 is 2.22 bits per heavy atom. The van der Waals surface area contributed by atoms with Gasteiger partial charge in [0.15, 0.2) is 0 Å². The second kappa shape index (κ2) is 7.10. The zero-order chi connectivity index (χ0) is 13.6. The van der Waals surface area contributed by atoms with Crippen molar-refractivity contribution < 1.29 is 9.53 Å². The summed E-state index contributed by atoms with van der Waals surface area (Å²) in [6.45, 7) is 8.81. The van der Waals surface area contributed by atoms with Gasteiger partial charge in [0, 0.05) is 26.2 Å². The van der Waals surface area contributed by atoms with Crippen LogP contribution < -0.4 is 5.32 Å². The number of nitrogens with one attached hydrogen (secondary N) is 1. The molecule has 1 N–H and O–H groups in total. The molecule has 1 aliphatic rings. The van der Waals surface area contributed by atoms with Gasteiger partial charge in [0.1, 0.15) is 0 Å². The topological polar surface area (TPSA) is 41.6 Å². The summed E-state index contributed by atoms with van der Waals surface area (Å²) < 4.78 is 5.34. The SMILES string of the molecule is CCCN(CC1CCCN1)C(=O)CC(C)(C)OC. The van der Waals surface area contributed by atoms with Crippen molar-refractivity contribution >= 4 is 5.91 Å². The highest BCUT2D eigenvalue weighted by Gasteiger charge is 2.26. The Morgan fingerprint density at radius 3 is 2.72 bits per heavy atom. The fourth-order valence-corrected chi connectivity index (χ4v) is 2.31. The quantitative estimate of drug-likeness (QED) is 0.755. The Balaban J connectivity index is 2.51. The van der Waals surface area contributed by atoms with E-state index in [0.29, 0.717) is 12.5 Å². The first kappa shape index (κ1) is 15.4. The Labute approximate surface area is 111 Å². The molecule has 4 heteroatoms. The van der Waals surface area contributed by atoms with Crippen LogP contribution in [0.4, 0.5) is 0 Å². The molecule has 1 unspecified atom stereocenters. The fraction of sp³-hybridized carbons (Fsp3) is 0.929. The summed E-state index contributed by atoms with van der Waals surface area (Å²) in [5, 5.41) is 3.45. The highest BCUT2D eigenvalue weighted by atomic mass is 16.5. The summed E-state index contributed by atoms with van der Waals surface area (Å²) in [5.41, 5.74) is -0.369. The number of nitrogens with zero attached hydrogens (tertiary/aromatic N) is 1. The molecule has 0 aliphatic carbocycles. The van der Waals surface area contributed by atoms with Gasteiger partial charge in [-0.25, -0.2) is 0 Å². The van der Waals surface area contributed by atoms with Gasteiger partial charge in [-0.1, -0.05) is 6.92 Å². The van der Waals surface area contributed by atoms with Gasteiger partial charge in [-0.3, -0.25) is 4.79 Å². The van der Waals surface area contributed by atoms with E-state index in [2.05, 4.69) is 12.2 Å². The van der Waals surface area contributed by atoms with Gasteiger partial charge in [0.25, 0.3) is 0 Å². The number of hydrogen-bond donors (Lipinski definition) is 1. The minimum absolute atomic E-state index is 0.206. The molecule has 1 heterocycles. The van der Waals surface area contributed by atoms with Crippen LogP contribution in [0, 0.1) is 0 Å². The van der Waals surface area contributed by atoms with Crippen molar-refractivity contribution in [3.8, 4) is 0 Å². The van der Waals surface area contributed by atoms with E-state index in [9.17, 15) is 4.79 Å². The molecule has 1 atom stereocenters. The number of rotatable bonds is 7. The summed E-state index contributed by atoms with van der Waals surface area (Å²) in [6, 6.07) is 0.478. The summed E-state index contributed by atoms with van der Waals surface area (Å²) >= 11 is 0. The van der Waals surface area contributed by atoms with Crippen molar-refractivity contribution in [1.82, 2.24) is 10.2 Å². The average Bonchev–Trinajstić information content (AvgIpc) is 2.81. The lowest BCUT2D eigenvalue weighted by Crippen LogP contribution is -2.44. The molecule has 1 rings (SSSR count). The van der Waals surface area contributed by atoms with E-state index in [1.54, 1.807) is 7.11 Å². The molecule has 0 aromatic rings. The summed E-state index contributed by atoms with van der Waals surface area (Å²) in [5.74, 6) is 0.206. The number of carbonyl (C=O) groups is 1. The molecule has 1 amide bonds. The molecule has 1 fully saturated rings. The van der Waals surface area contributed by atoms with E-state index in [1.165, 1.54) is 12.8 Å². The second-order valence-corrected chi connectivity index (χ2v) is 5.77. The number of ether oxygens (including phenoxy) is 1. The normalized spacial score (nSPS) is 20.1. The molecule has 0 aromatic carbocycles. The summed E-state index contributed by atoms with van der Waals surface area (Å²) in [7, 11) is 1.66. The lowest BCUT2D eigenvalue weighted by molar-refractivity contribution is -0.136. The Kier molecular flexibility index (Phi) is 6.09. The van der Waals surface area contributed by atoms with Crippen LogP contribution in [0.15, 0.2) is 0 Å². The molecular formula is C14H28N2O2. The predicted molar refractivity (Wildman–Crippen MR) is 73.6 cm³/mol. The second-order valence-electron chi connectivity index (χ2n) is 5.77. The molecule has 4 nitrogen and oxygen atoms in total. The average molecular weight is 256 g/mol. The van der Waals surface area contributed by atoms with Crippen molar-refractivity contribution in [2.24, 2.45) is 0 Å². The zero-order valence-corrected chi connectivity index (χ0v) is 12.3. The van der Waals surface area contributed by atoms with E-state index < -0.39 is 0 Å². The third-order valence-corrected chi connectivity index (χ3v) is 3.58. The smallest absolute Gasteiger partial charge is 0.225 e. The third-order valence-electron chi connectivity index (χ3n) is 3.58. The minimum Gasteiger partial charge on any atom is -0.378 e. The molecule has 0 bridgehead atoms. The highest BCUT2D eigenvalue weighted by molar-refractivity contribution is 5.77. The lowest BCUT2D eigenvalue weighted by Gasteiger charge is -2.29. The fourth-order valence-electron chi connectivity index (χ4n) is 2.31. The van der Waals surface area contributed by atoms with Gasteiger partial charge in [-0.15, -0.1) is 0 Å². The molecular weight excluding hydrogens is 228 g/mol. The predicted octanol–water partition coefficient (Wildman–Crippen LogP) is 1.79. The maximum absolute atomic E-state index is 12.3. The standard InChI is InChI=1S/C14H28N2O2/c1-5-9-16(11-12-7-6-8-15-12)13(17)10-14(2,3)18-4/h12,15H,5-11H2,1-4H3. The van der Waals surface area contributed by atoms with Crippen LogP contribution in [0.1, 0.15) is 46.5 Å². The molecule has 0 saturated carbocycles. The van der Waals surface area contributed by atoms with Gasteiger partial charge >= 0.3 is 0 Å². The van der Waals surface area contributed by atoms with Gasteiger partial charge in [-0.05, 0) is 39.7 Å². The van der Waals surface area contributed by atoms with Gasteiger partial charge in [0.2, 0.25) is 5.91 Å². The third kappa shape index (κ3) is 4.94. The first-order chi connectivity index (χ1) is 8.48. The Bertz CT molecular complexity index is 261. The zero-order valence-electron chi connectivity index (χ0n) is 12.3. The van der Waals surface area contributed by atoms with E-state index in [1.807, 2.05) is 18.7 Å². The van der Waals surface area contributed by atoms with Crippen molar-refractivity contribution in [3.05, 3.63) is 0 Å². The van der Waals surface area contributed by atoms with E-state index in [0.717, 1.165) is 26.1 Å². The van der Waals surface area contributed by atoms with Crippen LogP contribution in [0.5, 0.6) is 0 Å². The molecule has 0 aromatic heterocycles. The number of methoxy groups -OCH3 is 1. The van der Waals surface area contributed by atoms with Gasteiger partial charge in [0.05, 0.1) is 12.0 Å². The maximum atomic E-state index is 12.3. The molecule has 106 valence electrons. The van der Waals surface area contributed by atoms with Crippen LogP contribution >= 0.6 is 0 Å². The highest BCUT2D eigenvalue weighted by Crippen LogP contribution is 2.16. The van der Waals surface area contributed by atoms with E-state index in [-0.39, 0.29) is 11.5 Å². The molecule has 1 saturated heterocycles. The molecule has 18 heavy (non-hydrogen) atoms. The Morgan fingerprint density at radius 1 is 1.50 bits per heavy atom. The number of amides is 1. The van der Waals surface area contributed by atoms with Crippen LogP contribution in [-0.4, -0.2) is 49.2 Å². The van der Waals surface area contributed by atoms with Crippen molar-refractivity contribution in [2.75, 3.05) is 26.7 Å². The first-order valence-corrected chi connectivity index (χ1v) is 7.05. The maximum Gasteiger partial charge on any atom is 0.225 e. The molecule has 1 aliphatic heterocycles. The Hall–Kier alpha value is -0.610.